The van der Waals surface area contributed by atoms with Gasteiger partial charge in [0, 0.05) is 30.7 Å². The smallest absolute Gasteiger partial charge is 0.0746 e. The average molecular weight is 199 g/mol. The minimum atomic E-state index is 0.529. The average Bonchev–Trinajstić information content (AvgIpc) is 2.30. The van der Waals surface area contributed by atoms with Crippen LogP contribution in [-0.4, -0.2) is 9.97 Å². The predicted molar refractivity (Wildman–Crippen MR) is 60.1 cm³/mol. The molecule has 0 saturated heterocycles. The summed E-state index contributed by atoms with van der Waals surface area (Å²) >= 11 is 0. The summed E-state index contributed by atoms with van der Waals surface area (Å²) in [4.78, 5) is 8.48. The van der Waals surface area contributed by atoms with Gasteiger partial charge in [0.25, 0.3) is 0 Å². The van der Waals surface area contributed by atoms with Crippen LogP contribution in [-0.2, 0) is 6.54 Å². The number of hydrogen-bond donors (Lipinski definition) is 1. The number of nitrogens with zero attached hydrogens (tertiary/aromatic N) is 2. The molecule has 2 rings (SSSR count). The van der Waals surface area contributed by atoms with Crippen LogP contribution in [0.25, 0.3) is 11.3 Å². The van der Waals surface area contributed by atoms with Gasteiger partial charge in [-0.15, -0.1) is 0 Å². The van der Waals surface area contributed by atoms with Crippen molar-refractivity contribution in [2.24, 2.45) is 5.73 Å². The summed E-state index contributed by atoms with van der Waals surface area (Å²) in [5.41, 5.74) is 9.75. The molecule has 2 heterocycles. The molecule has 2 N–H and O–H groups in total. The van der Waals surface area contributed by atoms with Crippen molar-refractivity contribution in [2.45, 2.75) is 13.5 Å². The molecule has 3 nitrogen and oxygen atoms in total. The minimum absolute atomic E-state index is 0.529. The third-order valence-corrected chi connectivity index (χ3v) is 2.31. The van der Waals surface area contributed by atoms with Gasteiger partial charge in [-0.05, 0) is 30.2 Å². The fourth-order valence-electron chi connectivity index (χ4n) is 1.55. The molecule has 0 spiro atoms. The van der Waals surface area contributed by atoms with E-state index in [9.17, 15) is 0 Å². The zero-order valence-corrected chi connectivity index (χ0v) is 8.64. The fourth-order valence-corrected chi connectivity index (χ4v) is 1.55. The highest BCUT2D eigenvalue weighted by molar-refractivity contribution is 5.61. The van der Waals surface area contributed by atoms with Gasteiger partial charge in [-0.3, -0.25) is 9.97 Å². The minimum Gasteiger partial charge on any atom is -0.326 e. The normalized spacial score (nSPS) is 10.3. The Balaban J connectivity index is 2.46. The number of hydrogen-bond acceptors (Lipinski definition) is 3. The van der Waals surface area contributed by atoms with Crippen molar-refractivity contribution in [1.82, 2.24) is 9.97 Å². The molecule has 0 atom stereocenters. The number of nitrogens with two attached hydrogens (primary N) is 1. The highest BCUT2D eigenvalue weighted by Gasteiger charge is 2.03. The molecular formula is C12H13N3. The van der Waals surface area contributed by atoms with Gasteiger partial charge in [0.05, 0.1) is 5.69 Å². The lowest BCUT2D eigenvalue weighted by molar-refractivity contribution is 1.04. The number of pyridine rings is 2. The van der Waals surface area contributed by atoms with E-state index < -0.39 is 0 Å². The van der Waals surface area contributed by atoms with E-state index >= 15 is 0 Å². The third-order valence-electron chi connectivity index (χ3n) is 2.31. The van der Waals surface area contributed by atoms with E-state index in [1.54, 1.807) is 6.20 Å². The van der Waals surface area contributed by atoms with E-state index in [2.05, 4.69) is 16.0 Å². The van der Waals surface area contributed by atoms with E-state index in [-0.39, 0.29) is 0 Å². The predicted octanol–water partition coefficient (Wildman–Crippen LogP) is 1.91. The van der Waals surface area contributed by atoms with Crippen molar-refractivity contribution in [3.8, 4) is 11.3 Å². The Labute approximate surface area is 89.0 Å². The number of aromatic nitrogens is 2. The van der Waals surface area contributed by atoms with Crippen LogP contribution in [0.5, 0.6) is 0 Å². The first-order chi connectivity index (χ1) is 7.31. The third kappa shape index (κ3) is 2.02. The Morgan fingerprint density at radius 3 is 2.80 bits per heavy atom. The molecule has 15 heavy (non-hydrogen) atoms. The molecule has 0 radical (unpaired) electrons. The Bertz CT molecular complexity index is 452. The lowest BCUT2D eigenvalue weighted by Gasteiger charge is -2.05. The van der Waals surface area contributed by atoms with Crippen LogP contribution in [0, 0.1) is 6.92 Å². The second-order valence-corrected chi connectivity index (χ2v) is 3.45. The molecule has 76 valence electrons. The summed E-state index contributed by atoms with van der Waals surface area (Å²) in [5, 5.41) is 0. The Hall–Kier alpha value is -1.74. The monoisotopic (exact) mass is 199 g/mol. The van der Waals surface area contributed by atoms with Crippen LogP contribution < -0.4 is 5.73 Å². The Kier molecular flexibility index (Phi) is 2.74. The zero-order valence-electron chi connectivity index (χ0n) is 8.64. The van der Waals surface area contributed by atoms with E-state index in [1.165, 1.54) is 0 Å². The standard InChI is InChI=1S/C12H13N3/c1-9-5-10(6-13)7-15-12(9)11-3-2-4-14-8-11/h2-5,7-8H,6,13H2,1H3. The van der Waals surface area contributed by atoms with Gasteiger partial charge in [0.1, 0.15) is 0 Å². The maximum absolute atomic E-state index is 5.56. The molecule has 0 fully saturated rings. The van der Waals surface area contributed by atoms with E-state index in [0.29, 0.717) is 6.54 Å². The number of rotatable bonds is 2. The van der Waals surface area contributed by atoms with Crippen LogP contribution in [0.3, 0.4) is 0 Å². The summed E-state index contributed by atoms with van der Waals surface area (Å²) < 4.78 is 0. The quantitative estimate of drug-likeness (QED) is 0.803. The summed E-state index contributed by atoms with van der Waals surface area (Å²) in [6.45, 7) is 2.57. The maximum Gasteiger partial charge on any atom is 0.0746 e. The van der Waals surface area contributed by atoms with Gasteiger partial charge >= 0.3 is 0 Å². The fraction of sp³-hybridized carbons (Fsp3) is 0.167. The first kappa shape index (κ1) is 9.80. The van der Waals surface area contributed by atoms with Crippen LogP contribution in [0.2, 0.25) is 0 Å². The molecule has 2 aromatic heterocycles. The highest BCUT2D eigenvalue weighted by Crippen LogP contribution is 2.19. The zero-order chi connectivity index (χ0) is 10.7. The van der Waals surface area contributed by atoms with E-state index in [0.717, 1.165) is 22.4 Å². The van der Waals surface area contributed by atoms with Crippen LogP contribution in [0.15, 0.2) is 36.8 Å². The maximum atomic E-state index is 5.56. The van der Waals surface area contributed by atoms with E-state index in [1.807, 2.05) is 31.5 Å². The van der Waals surface area contributed by atoms with Gasteiger partial charge < -0.3 is 5.73 Å². The van der Waals surface area contributed by atoms with Gasteiger partial charge in [0.15, 0.2) is 0 Å². The summed E-state index contributed by atoms with van der Waals surface area (Å²) in [7, 11) is 0. The summed E-state index contributed by atoms with van der Waals surface area (Å²) in [6, 6.07) is 5.98. The number of aryl methyl sites for hydroxylation is 1. The van der Waals surface area contributed by atoms with Crippen molar-refractivity contribution < 1.29 is 0 Å². The lowest BCUT2D eigenvalue weighted by atomic mass is 10.1. The van der Waals surface area contributed by atoms with Gasteiger partial charge in [0.2, 0.25) is 0 Å². The van der Waals surface area contributed by atoms with Crippen molar-refractivity contribution in [3.63, 3.8) is 0 Å². The van der Waals surface area contributed by atoms with Crippen molar-refractivity contribution >= 4 is 0 Å². The van der Waals surface area contributed by atoms with Crippen molar-refractivity contribution in [3.05, 3.63) is 47.9 Å². The van der Waals surface area contributed by atoms with Crippen molar-refractivity contribution in [2.75, 3.05) is 0 Å². The second-order valence-electron chi connectivity index (χ2n) is 3.45. The molecule has 2 aromatic rings. The highest BCUT2D eigenvalue weighted by atomic mass is 14.7. The Morgan fingerprint density at radius 1 is 1.33 bits per heavy atom. The topological polar surface area (TPSA) is 51.8 Å². The van der Waals surface area contributed by atoms with Crippen LogP contribution in [0.4, 0.5) is 0 Å². The second kappa shape index (κ2) is 4.19. The summed E-state index contributed by atoms with van der Waals surface area (Å²) in [5.74, 6) is 0. The molecule has 0 unspecified atom stereocenters. The van der Waals surface area contributed by atoms with E-state index in [4.69, 9.17) is 5.73 Å². The molecule has 0 aliphatic rings. The van der Waals surface area contributed by atoms with Gasteiger partial charge in [-0.25, -0.2) is 0 Å². The molecule has 0 aliphatic carbocycles. The van der Waals surface area contributed by atoms with Gasteiger partial charge in [-0.1, -0.05) is 6.07 Å². The summed E-state index contributed by atoms with van der Waals surface area (Å²) in [6.07, 6.45) is 5.39. The molecule has 0 bridgehead atoms. The Morgan fingerprint density at radius 2 is 2.20 bits per heavy atom. The molecule has 0 aromatic carbocycles. The first-order valence-electron chi connectivity index (χ1n) is 4.87. The molecule has 0 amide bonds. The van der Waals surface area contributed by atoms with Crippen molar-refractivity contribution in [1.29, 1.82) is 0 Å². The molecule has 0 aliphatic heterocycles. The molecule has 3 heteroatoms. The first-order valence-corrected chi connectivity index (χ1v) is 4.87. The SMILES string of the molecule is Cc1cc(CN)cnc1-c1cccnc1. The van der Waals surface area contributed by atoms with Gasteiger partial charge in [-0.2, -0.15) is 0 Å². The largest absolute Gasteiger partial charge is 0.326 e. The molecular weight excluding hydrogens is 186 g/mol. The van der Waals surface area contributed by atoms with Crippen LogP contribution in [0.1, 0.15) is 11.1 Å². The molecule has 0 saturated carbocycles. The van der Waals surface area contributed by atoms with Crippen LogP contribution >= 0.6 is 0 Å². The lowest BCUT2D eigenvalue weighted by Crippen LogP contribution is -1.99.